The second-order valence-corrected chi connectivity index (χ2v) is 6.35. The third-order valence-corrected chi connectivity index (χ3v) is 5.05. The summed E-state index contributed by atoms with van der Waals surface area (Å²) in [5, 5.41) is 8.87. The van der Waals surface area contributed by atoms with Gasteiger partial charge in [-0.2, -0.15) is 0 Å². The number of hydrogen-bond acceptors (Lipinski definition) is 4. The van der Waals surface area contributed by atoms with Crippen LogP contribution in [0.25, 0.3) is 0 Å². The number of carbonyl (C=O) groups is 2. The standard InChI is InChI=1S/C17H23N3O3/c1-18-15(21)11-3-4-14(23-2)13(9-11)20-16(22)12-10-17(12)5-7-19-8-6-17/h3-4,9,12,19H,5-8,10H2,1-2H3,(H,18,21)(H,20,22). The van der Waals surface area contributed by atoms with Crippen molar-refractivity contribution in [3.63, 3.8) is 0 Å². The Labute approximate surface area is 136 Å². The number of rotatable bonds is 4. The first-order valence-electron chi connectivity index (χ1n) is 8.01. The molecule has 2 amide bonds. The Bertz CT molecular complexity index is 624. The van der Waals surface area contributed by atoms with Gasteiger partial charge in [0.15, 0.2) is 0 Å². The van der Waals surface area contributed by atoms with Crippen LogP contribution in [0.1, 0.15) is 29.6 Å². The fourth-order valence-electron chi connectivity index (χ4n) is 3.51. The van der Waals surface area contributed by atoms with Crippen molar-refractivity contribution in [3.8, 4) is 5.75 Å². The summed E-state index contributed by atoms with van der Waals surface area (Å²) in [4.78, 5) is 24.3. The highest BCUT2D eigenvalue weighted by Crippen LogP contribution is 2.58. The van der Waals surface area contributed by atoms with Crippen molar-refractivity contribution >= 4 is 17.5 Å². The quantitative estimate of drug-likeness (QED) is 0.784. The van der Waals surface area contributed by atoms with Gasteiger partial charge in [0.1, 0.15) is 5.75 Å². The maximum absolute atomic E-state index is 12.6. The molecule has 1 heterocycles. The van der Waals surface area contributed by atoms with Crippen LogP contribution in [0, 0.1) is 11.3 Å². The van der Waals surface area contributed by atoms with E-state index in [9.17, 15) is 9.59 Å². The number of benzene rings is 1. The van der Waals surface area contributed by atoms with E-state index in [1.54, 1.807) is 32.4 Å². The predicted molar refractivity (Wildman–Crippen MR) is 87.7 cm³/mol. The summed E-state index contributed by atoms with van der Waals surface area (Å²) in [6.45, 7) is 1.97. The lowest BCUT2D eigenvalue weighted by Crippen LogP contribution is -2.31. The molecule has 1 saturated carbocycles. The topological polar surface area (TPSA) is 79.5 Å². The molecule has 1 unspecified atom stereocenters. The molecule has 3 N–H and O–H groups in total. The normalized spacial score (nSPS) is 21.6. The Balaban J connectivity index is 1.74. The Morgan fingerprint density at radius 3 is 2.70 bits per heavy atom. The van der Waals surface area contributed by atoms with E-state index in [1.165, 1.54) is 0 Å². The Kier molecular flexibility index (Phi) is 4.26. The van der Waals surface area contributed by atoms with Crippen molar-refractivity contribution in [2.45, 2.75) is 19.3 Å². The van der Waals surface area contributed by atoms with Gasteiger partial charge in [0.2, 0.25) is 5.91 Å². The molecule has 6 nitrogen and oxygen atoms in total. The highest BCUT2D eigenvalue weighted by molar-refractivity contribution is 5.99. The van der Waals surface area contributed by atoms with Gasteiger partial charge in [-0.3, -0.25) is 9.59 Å². The van der Waals surface area contributed by atoms with Crippen LogP contribution in [0.15, 0.2) is 18.2 Å². The van der Waals surface area contributed by atoms with Crippen molar-refractivity contribution in [2.24, 2.45) is 11.3 Å². The number of piperidine rings is 1. The zero-order valence-electron chi connectivity index (χ0n) is 13.6. The van der Waals surface area contributed by atoms with Crippen molar-refractivity contribution in [3.05, 3.63) is 23.8 Å². The van der Waals surface area contributed by atoms with Crippen molar-refractivity contribution < 1.29 is 14.3 Å². The molecule has 6 heteroatoms. The molecule has 0 aromatic heterocycles. The van der Waals surface area contributed by atoms with E-state index in [1.807, 2.05) is 0 Å². The number of amides is 2. The van der Waals surface area contributed by atoms with E-state index in [4.69, 9.17) is 4.74 Å². The summed E-state index contributed by atoms with van der Waals surface area (Å²) in [6, 6.07) is 5.04. The summed E-state index contributed by atoms with van der Waals surface area (Å²) >= 11 is 0. The van der Waals surface area contributed by atoms with E-state index in [0.717, 1.165) is 32.4 Å². The molecule has 3 rings (SSSR count). The lowest BCUT2D eigenvalue weighted by molar-refractivity contribution is -0.118. The van der Waals surface area contributed by atoms with Gasteiger partial charge in [0, 0.05) is 18.5 Å². The van der Waals surface area contributed by atoms with Crippen LogP contribution in [0.2, 0.25) is 0 Å². The van der Waals surface area contributed by atoms with Crippen LogP contribution in [-0.2, 0) is 4.79 Å². The predicted octanol–water partition coefficient (Wildman–Crippen LogP) is 1.38. The van der Waals surface area contributed by atoms with Crippen LogP contribution < -0.4 is 20.7 Å². The zero-order chi connectivity index (χ0) is 16.4. The van der Waals surface area contributed by atoms with Crippen LogP contribution in [0.4, 0.5) is 5.69 Å². The molecular formula is C17H23N3O3. The van der Waals surface area contributed by atoms with Gasteiger partial charge in [0.05, 0.1) is 12.8 Å². The first kappa shape index (κ1) is 15.8. The number of nitrogens with one attached hydrogen (secondary N) is 3. The molecule has 124 valence electrons. The molecular weight excluding hydrogens is 294 g/mol. The van der Waals surface area contributed by atoms with E-state index in [-0.39, 0.29) is 23.1 Å². The fraction of sp³-hybridized carbons (Fsp3) is 0.529. The summed E-state index contributed by atoms with van der Waals surface area (Å²) in [5.74, 6) is 0.465. The number of anilines is 1. The van der Waals surface area contributed by atoms with Gasteiger partial charge in [-0.25, -0.2) is 0 Å². The van der Waals surface area contributed by atoms with Gasteiger partial charge in [-0.1, -0.05) is 0 Å². The number of ether oxygens (including phenoxy) is 1. The first-order valence-corrected chi connectivity index (χ1v) is 8.01. The average Bonchev–Trinajstić information content (AvgIpc) is 3.27. The Morgan fingerprint density at radius 1 is 1.30 bits per heavy atom. The van der Waals surface area contributed by atoms with Crippen molar-refractivity contribution in [1.29, 1.82) is 0 Å². The number of hydrogen-bond donors (Lipinski definition) is 3. The molecule has 1 aromatic rings. The summed E-state index contributed by atoms with van der Waals surface area (Å²) in [5.41, 5.74) is 1.23. The van der Waals surface area contributed by atoms with Crippen LogP contribution in [0.5, 0.6) is 5.75 Å². The second-order valence-electron chi connectivity index (χ2n) is 6.35. The monoisotopic (exact) mass is 317 g/mol. The van der Waals surface area contributed by atoms with Gasteiger partial charge in [-0.15, -0.1) is 0 Å². The molecule has 0 bridgehead atoms. The Morgan fingerprint density at radius 2 is 2.04 bits per heavy atom. The molecule has 1 saturated heterocycles. The molecule has 0 radical (unpaired) electrons. The zero-order valence-corrected chi connectivity index (χ0v) is 13.6. The summed E-state index contributed by atoms with van der Waals surface area (Å²) in [6.07, 6.45) is 3.07. The smallest absolute Gasteiger partial charge is 0.251 e. The molecule has 1 aliphatic heterocycles. The Hall–Kier alpha value is -2.08. The van der Waals surface area contributed by atoms with E-state index in [2.05, 4.69) is 16.0 Å². The first-order chi connectivity index (χ1) is 11.1. The lowest BCUT2D eigenvalue weighted by Gasteiger charge is -2.23. The largest absolute Gasteiger partial charge is 0.495 e. The van der Waals surface area contributed by atoms with E-state index >= 15 is 0 Å². The number of carbonyl (C=O) groups excluding carboxylic acids is 2. The second kappa shape index (κ2) is 6.20. The van der Waals surface area contributed by atoms with Gasteiger partial charge >= 0.3 is 0 Å². The fourth-order valence-corrected chi connectivity index (χ4v) is 3.51. The molecule has 1 atom stereocenters. The highest BCUT2D eigenvalue weighted by atomic mass is 16.5. The van der Waals surface area contributed by atoms with Gasteiger partial charge in [-0.05, 0) is 56.0 Å². The summed E-state index contributed by atoms with van der Waals surface area (Å²) in [7, 11) is 3.13. The lowest BCUT2D eigenvalue weighted by atomic mass is 9.92. The minimum atomic E-state index is -0.190. The highest BCUT2D eigenvalue weighted by Gasteiger charge is 2.57. The summed E-state index contributed by atoms with van der Waals surface area (Å²) < 4.78 is 5.30. The van der Waals surface area contributed by atoms with Crippen molar-refractivity contribution in [2.75, 3.05) is 32.6 Å². The minimum absolute atomic E-state index is 0.0271. The molecule has 23 heavy (non-hydrogen) atoms. The average molecular weight is 317 g/mol. The van der Waals surface area contributed by atoms with Crippen LogP contribution >= 0.6 is 0 Å². The SMILES string of the molecule is CNC(=O)c1ccc(OC)c(NC(=O)C2CC23CCNCC3)c1. The third kappa shape index (κ3) is 3.03. The van der Waals surface area contributed by atoms with Crippen LogP contribution in [0.3, 0.4) is 0 Å². The van der Waals surface area contributed by atoms with Crippen LogP contribution in [-0.4, -0.2) is 39.1 Å². The maximum Gasteiger partial charge on any atom is 0.251 e. The van der Waals surface area contributed by atoms with E-state index in [0.29, 0.717) is 17.0 Å². The van der Waals surface area contributed by atoms with E-state index < -0.39 is 0 Å². The molecule has 2 fully saturated rings. The number of methoxy groups -OCH3 is 1. The van der Waals surface area contributed by atoms with Crippen molar-refractivity contribution in [1.82, 2.24) is 10.6 Å². The third-order valence-electron chi connectivity index (χ3n) is 5.05. The minimum Gasteiger partial charge on any atom is -0.495 e. The molecule has 2 aliphatic rings. The van der Waals surface area contributed by atoms with Gasteiger partial charge in [0.25, 0.3) is 5.91 Å². The molecule has 1 spiro atoms. The van der Waals surface area contributed by atoms with Gasteiger partial charge < -0.3 is 20.7 Å². The molecule has 1 aliphatic carbocycles. The maximum atomic E-state index is 12.6. The molecule has 1 aromatic carbocycles.